The lowest BCUT2D eigenvalue weighted by atomic mass is 9.93. The Labute approximate surface area is 225 Å². The second-order valence-electron chi connectivity index (χ2n) is 11.2. The van der Waals surface area contributed by atoms with Gasteiger partial charge in [0, 0.05) is 6.20 Å². The van der Waals surface area contributed by atoms with Gasteiger partial charge in [-0.05, 0) is 67.5 Å². The predicted octanol–water partition coefficient (Wildman–Crippen LogP) is 7.65. The van der Waals surface area contributed by atoms with E-state index in [9.17, 15) is 9.59 Å². The zero-order valence-corrected chi connectivity index (χ0v) is 23.2. The first kappa shape index (κ1) is 27.2. The molecule has 6 nitrogen and oxygen atoms in total. The largest absolute Gasteiger partial charge is 0.476 e. The molecule has 1 aliphatic rings. The molecule has 0 aliphatic carbocycles. The number of ether oxygens (including phenoxy) is 3. The number of carbonyl (C=O) groups is 2. The lowest BCUT2D eigenvalue weighted by Crippen LogP contribution is -2.31. The van der Waals surface area contributed by atoms with Crippen molar-refractivity contribution in [3.05, 3.63) is 95.3 Å². The van der Waals surface area contributed by atoms with Crippen LogP contribution in [-0.2, 0) is 14.3 Å². The van der Waals surface area contributed by atoms with E-state index in [2.05, 4.69) is 27.7 Å². The van der Waals surface area contributed by atoms with Crippen molar-refractivity contribution >= 4 is 17.8 Å². The second-order valence-corrected chi connectivity index (χ2v) is 11.2. The fourth-order valence-corrected chi connectivity index (χ4v) is 4.60. The average Bonchev–Trinajstić information content (AvgIpc) is 3.51. The maximum absolute atomic E-state index is 13.8. The summed E-state index contributed by atoms with van der Waals surface area (Å²) >= 11 is 0. The smallest absolute Gasteiger partial charge is 0.419 e. The van der Waals surface area contributed by atoms with Crippen molar-refractivity contribution in [2.24, 2.45) is 0 Å². The summed E-state index contributed by atoms with van der Waals surface area (Å²) in [5.74, 6) is 0.514. The van der Waals surface area contributed by atoms with Gasteiger partial charge in [0.15, 0.2) is 0 Å². The molecule has 38 heavy (non-hydrogen) atoms. The fourth-order valence-electron chi connectivity index (χ4n) is 4.60. The number of rotatable bonds is 6. The molecule has 0 radical (unpaired) electrons. The molecular weight excluding hydrogens is 478 g/mol. The molecule has 0 amide bonds. The summed E-state index contributed by atoms with van der Waals surface area (Å²) in [4.78, 5) is 26.7. The molecule has 0 saturated carbocycles. The van der Waals surface area contributed by atoms with Crippen molar-refractivity contribution < 1.29 is 23.8 Å². The Morgan fingerprint density at radius 1 is 0.868 bits per heavy atom. The lowest BCUT2D eigenvalue weighted by molar-refractivity contribution is -0.143. The van der Waals surface area contributed by atoms with Crippen LogP contribution < -0.4 is 4.74 Å². The number of benzene rings is 2. The second kappa shape index (κ2) is 10.9. The van der Waals surface area contributed by atoms with Crippen LogP contribution in [0, 0.1) is 0 Å². The fraction of sp³-hybridized carbons (Fsp3) is 0.375. The van der Waals surface area contributed by atoms with Crippen LogP contribution in [0.25, 0.3) is 5.76 Å². The van der Waals surface area contributed by atoms with Gasteiger partial charge in [-0.1, -0.05) is 76.2 Å². The van der Waals surface area contributed by atoms with E-state index in [1.54, 1.807) is 18.3 Å². The quantitative estimate of drug-likeness (QED) is 0.249. The van der Waals surface area contributed by atoms with E-state index in [0.717, 1.165) is 16.7 Å². The maximum Gasteiger partial charge on any atom is 0.419 e. The number of hydrogen-bond acceptors (Lipinski definition) is 5. The van der Waals surface area contributed by atoms with Gasteiger partial charge in [0.1, 0.15) is 17.1 Å². The highest BCUT2D eigenvalue weighted by molar-refractivity contribution is 5.84. The third kappa shape index (κ3) is 5.85. The third-order valence-electron chi connectivity index (χ3n) is 6.44. The Kier molecular flexibility index (Phi) is 7.81. The number of nitrogens with zero attached hydrogens (tertiary/aromatic N) is 1. The first-order valence-electron chi connectivity index (χ1n) is 13.1. The van der Waals surface area contributed by atoms with E-state index in [1.165, 1.54) is 4.57 Å². The topological polar surface area (TPSA) is 66.8 Å². The highest BCUT2D eigenvalue weighted by Gasteiger charge is 2.40. The van der Waals surface area contributed by atoms with Crippen LogP contribution in [0.4, 0.5) is 4.79 Å². The summed E-state index contributed by atoms with van der Waals surface area (Å²) in [6, 6.07) is 19.2. The molecule has 2 aromatic carbocycles. The molecule has 0 fully saturated rings. The SMILES string of the molecule is CC(C)c1cccc(C(C)C)c1OC(=O)[C@@H]1OC(c2cccn2C(=O)OC(C)(C)C)=C[C@H]1c1ccccc1. The molecule has 3 aromatic rings. The normalized spacial score (nSPS) is 17.3. The van der Waals surface area contributed by atoms with E-state index in [1.807, 2.05) is 75.4 Å². The Hall–Kier alpha value is -3.80. The average molecular weight is 516 g/mol. The van der Waals surface area contributed by atoms with Crippen molar-refractivity contribution in [1.29, 1.82) is 0 Å². The summed E-state index contributed by atoms with van der Waals surface area (Å²) in [6.45, 7) is 13.8. The number of aromatic nitrogens is 1. The van der Waals surface area contributed by atoms with Gasteiger partial charge in [-0.25, -0.2) is 14.2 Å². The van der Waals surface area contributed by atoms with E-state index < -0.39 is 29.7 Å². The molecule has 2 heterocycles. The van der Waals surface area contributed by atoms with Gasteiger partial charge in [0.05, 0.1) is 11.6 Å². The summed E-state index contributed by atoms with van der Waals surface area (Å²) in [5, 5.41) is 0. The van der Waals surface area contributed by atoms with E-state index in [-0.39, 0.29) is 11.8 Å². The van der Waals surface area contributed by atoms with Crippen molar-refractivity contribution in [2.45, 2.75) is 77.9 Å². The molecule has 6 heteroatoms. The van der Waals surface area contributed by atoms with Crippen LogP contribution in [0.3, 0.4) is 0 Å². The molecule has 0 unspecified atom stereocenters. The molecule has 200 valence electrons. The van der Waals surface area contributed by atoms with Gasteiger partial charge in [-0.2, -0.15) is 0 Å². The highest BCUT2D eigenvalue weighted by atomic mass is 16.6. The minimum absolute atomic E-state index is 0.178. The molecule has 0 N–H and O–H groups in total. The Morgan fingerprint density at radius 3 is 2.08 bits per heavy atom. The minimum Gasteiger partial charge on any atom is -0.476 e. The zero-order chi connectivity index (χ0) is 27.6. The van der Waals surface area contributed by atoms with Crippen LogP contribution in [0.1, 0.15) is 88.6 Å². The molecule has 0 spiro atoms. The van der Waals surface area contributed by atoms with Crippen LogP contribution in [-0.4, -0.2) is 28.3 Å². The third-order valence-corrected chi connectivity index (χ3v) is 6.44. The maximum atomic E-state index is 13.8. The Bertz CT molecular complexity index is 1300. The van der Waals surface area contributed by atoms with Gasteiger partial charge in [0.25, 0.3) is 0 Å². The van der Waals surface area contributed by atoms with Gasteiger partial charge in [-0.15, -0.1) is 0 Å². The summed E-state index contributed by atoms with van der Waals surface area (Å²) in [6.07, 6.45) is 2.08. The van der Waals surface area contributed by atoms with Crippen LogP contribution >= 0.6 is 0 Å². The molecular formula is C32H37NO5. The van der Waals surface area contributed by atoms with Gasteiger partial charge >= 0.3 is 12.1 Å². The monoisotopic (exact) mass is 515 g/mol. The summed E-state index contributed by atoms with van der Waals surface area (Å²) < 4.78 is 19.4. The Balaban J connectivity index is 1.70. The highest BCUT2D eigenvalue weighted by Crippen LogP contribution is 2.40. The van der Waals surface area contributed by atoms with Crippen LogP contribution in [0.5, 0.6) is 5.75 Å². The molecule has 0 saturated heterocycles. The van der Waals surface area contributed by atoms with E-state index in [0.29, 0.717) is 17.2 Å². The first-order valence-corrected chi connectivity index (χ1v) is 13.1. The molecule has 2 atom stereocenters. The number of carbonyl (C=O) groups excluding carboxylic acids is 2. The van der Waals surface area contributed by atoms with Crippen molar-refractivity contribution in [3.63, 3.8) is 0 Å². The number of esters is 1. The lowest BCUT2D eigenvalue weighted by Gasteiger charge is -2.23. The summed E-state index contributed by atoms with van der Waals surface area (Å²) in [5.41, 5.74) is 2.74. The van der Waals surface area contributed by atoms with Crippen molar-refractivity contribution in [1.82, 2.24) is 4.57 Å². The van der Waals surface area contributed by atoms with Gasteiger partial charge < -0.3 is 14.2 Å². The van der Waals surface area contributed by atoms with E-state index >= 15 is 0 Å². The van der Waals surface area contributed by atoms with Crippen molar-refractivity contribution in [3.8, 4) is 5.75 Å². The number of para-hydroxylation sites is 1. The zero-order valence-electron chi connectivity index (χ0n) is 23.2. The molecule has 4 rings (SSSR count). The van der Waals surface area contributed by atoms with E-state index in [4.69, 9.17) is 14.2 Å². The molecule has 0 bridgehead atoms. The first-order chi connectivity index (χ1) is 18.0. The minimum atomic E-state index is -0.922. The van der Waals surface area contributed by atoms with Gasteiger partial charge in [0.2, 0.25) is 6.10 Å². The Morgan fingerprint density at radius 2 is 1.50 bits per heavy atom. The summed E-state index contributed by atoms with van der Waals surface area (Å²) in [7, 11) is 0. The molecule has 1 aromatic heterocycles. The van der Waals surface area contributed by atoms with Crippen molar-refractivity contribution in [2.75, 3.05) is 0 Å². The standard InChI is InChI=1S/C32H37NO5/c1-20(2)23-15-11-16-24(21(3)4)28(23)37-30(34)29-25(22-13-9-8-10-14-22)19-27(36-29)26-17-12-18-33(26)31(35)38-32(5,6)7/h8-21,25,29H,1-7H3/t25-,29+/m0/s1. The number of hydrogen-bond donors (Lipinski definition) is 0. The van der Waals surface area contributed by atoms with Crippen LogP contribution in [0.2, 0.25) is 0 Å². The molecule has 1 aliphatic heterocycles. The predicted molar refractivity (Wildman–Crippen MR) is 148 cm³/mol. The van der Waals surface area contributed by atoms with Crippen LogP contribution in [0.15, 0.2) is 72.9 Å². The van der Waals surface area contributed by atoms with Gasteiger partial charge in [-0.3, -0.25) is 0 Å².